The second kappa shape index (κ2) is 14.4. The number of rotatable bonds is 13. The van der Waals surface area contributed by atoms with Crippen molar-refractivity contribution < 1.29 is 22.7 Å². The van der Waals surface area contributed by atoms with Crippen molar-refractivity contribution in [1.29, 1.82) is 0 Å². The standard InChI is InChI=1S/C31H38ClN3O5S/c1-6-7-17-33-31(37)24(4)34(20-25-9-8-10-27(18-25)40-5)30(36)21-35(26-14-13-23(3)29(32)19-26)41(38,39)28-15-11-22(2)12-16-28/h8-16,18-19,24H,6-7,17,20-21H2,1-5H3,(H,33,37)/t24-/m0/s1. The van der Waals surface area contributed by atoms with Crippen molar-refractivity contribution in [1.82, 2.24) is 10.2 Å². The van der Waals surface area contributed by atoms with E-state index in [1.165, 1.54) is 23.1 Å². The highest BCUT2D eigenvalue weighted by atomic mass is 35.5. The van der Waals surface area contributed by atoms with Crippen molar-refractivity contribution in [3.05, 3.63) is 88.4 Å². The molecule has 0 aromatic heterocycles. The van der Waals surface area contributed by atoms with Gasteiger partial charge in [-0.15, -0.1) is 0 Å². The lowest BCUT2D eigenvalue weighted by molar-refractivity contribution is -0.139. The predicted molar refractivity (Wildman–Crippen MR) is 163 cm³/mol. The monoisotopic (exact) mass is 599 g/mol. The summed E-state index contributed by atoms with van der Waals surface area (Å²) in [5.74, 6) is -0.257. The molecular formula is C31H38ClN3O5S. The third kappa shape index (κ3) is 8.24. The van der Waals surface area contributed by atoms with Crippen LogP contribution in [0.4, 0.5) is 5.69 Å². The zero-order chi connectivity index (χ0) is 30.2. The third-order valence-corrected chi connectivity index (χ3v) is 9.01. The minimum Gasteiger partial charge on any atom is -0.497 e. The lowest BCUT2D eigenvalue weighted by Crippen LogP contribution is -2.51. The number of nitrogens with zero attached hydrogens (tertiary/aromatic N) is 2. The Kier molecular flexibility index (Phi) is 11.2. The first-order valence-corrected chi connectivity index (χ1v) is 15.4. The van der Waals surface area contributed by atoms with Crippen molar-refractivity contribution in [2.45, 2.75) is 58.0 Å². The van der Waals surface area contributed by atoms with Gasteiger partial charge in [-0.1, -0.05) is 60.8 Å². The van der Waals surface area contributed by atoms with E-state index in [0.717, 1.165) is 33.8 Å². The van der Waals surface area contributed by atoms with Gasteiger partial charge in [0.2, 0.25) is 11.8 Å². The average Bonchev–Trinajstić information content (AvgIpc) is 2.96. The highest BCUT2D eigenvalue weighted by Gasteiger charge is 2.32. The molecule has 0 spiro atoms. The Morgan fingerprint density at radius 1 is 1.02 bits per heavy atom. The number of benzene rings is 3. The van der Waals surface area contributed by atoms with E-state index in [4.69, 9.17) is 16.3 Å². The maximum atomic E-state index is 14.0. The summed E-state index contributed by atoms with van der Waals surface area (Å²) in [7, 11) is -2.62. The second-order valence-electron chi connectivity index (χ2n) is 9.95. The van der Waals surface area contributed by atoms with Crippen LogP contribution in [0.25, 0.3) is 0 Å². The van der Waals surface area contributed by atoms with Crippen LogP contribution in [-0.4, -0.2) is 51.4 Å². The predicted octanol–water partition coefficient (Wildman–Crippen LogP) is 5.49. The van der Waals surface area contributed by atoms with Crippen molar-refractivity contribution >= 4 is 39.1 Å². The molecule has 1 N–H and O–H groups in total. The molecule has 3 aromatic rings. The average molecular weight is 600 g/mol. The zero-order valence-corrected chi connectivity index (χ0v) is 25.8. The number of methoxy groups -OCH3 is 1. The van der Waals surface area contributed by atoms with Crippen LogP contribution in [0, 0.1) is 13.8 Å². The number of aryl methyl sites for hydroxylation is 2. The molecule has 0 fully saturated rings. The van der Waals surface area contributed by atoms with Gasteiger partial charge in [0, 0.05) is 18.1 Å². The minimum atomic E-state index is -4.17. The van der Waals surface area contributed by atoms with Crippen LogP contribution >= 0.6 is 11.6 Å². The number of carbonyl (C=O) groups excluding carboxylic acids is 2. The zero-order valence-electron chi connectivity index (χ0n) is 24.2. The lowest BCUT2D eigenvalue weighted by atomic mass is 10.1. The van der Waals surface area contributed by atoms with E-state index in [2.05, 4.69) is 5.32 Å². The smallest absolute Gasteiger partial charge is 0.264 e. The van der Waals surface area contributed by atoms with Gasteiger partial charge in [0.25, 0.3) is 10.0 Å². The van der Waals surface area contributed by atoms with Crippen LogP contribution in [0.5, 0.6) is 5.75 Å². The maximum absolute atomic E-state index is 14.0. The topological polar surface area (TPSA) is 96.0 Å². The number of hydrogen-bond acceptors (Lipinski definition) is 5. The summed E-state index contributed by atoms with van der Waals surface area (Å²) in [6.07, 6.45) is 1.71. The molecule has 0 saturated heterocycles. The number of ether oxygens (including phenoxy) is 1. The van der Waals surface area contributed by atoms with E-state index in [-0.39, 0.29) is 23.0 Å². The van der Waals surface area contributed by atoms with Crippen LogP contribution in [0.1, 0.15) is 43.4 Å². The minimum absolute atomic E-state index is 0.0392. The number of nitrogens with one attached hydrogen (secondary N) is 1. The molecule has 0 saturated carbocycles. The molecule has 0 aliphatic heterocycles. The van der Waals surface area contributed by atoms with Gasteiger partial charge in [0.15, 0.2) is 0 Å². The number of amides is 2. The van der Waals surface area contributed by atoms with Crippen LogP contribution in [0.15, 0.2) is 71.6 Å². The highest BCUT2D eigenvalue weighted by molar-refractivity contribution is 7.92. The van der Waals surface area contributed by atoms with Gasteiger partial charge in [-0.25, -0.2) is 8.42 Å². The van der Waals surface area contributed by atoms with E-state index in [0.29, 0.717) is 17.3 Å². The van der Waals surface area contributed by atoms with E-state index >= 15 is 0 Å². The van der Waals surface area contributed by atoms with Gasteiger partial charge in [0.05, 0.1) is 17.7 Å². The summed E-state index contributed by atoms with van der Waals surface area (Å²) in [6.45, 7) is 7.36. The fourth-order valence-electron chi connectivity index (χ4n) is 4.19. The Bertz CT molecular complexity index is 1460. The first kappa shape index (κ1) is 32.0. The fraction of sp³-hybridized carbons (Fsp3) is 0.355. The summed E-state index contributed by atoms with van der Waals surface area (Å²) in [5, 5.41) is 3.25. The molecule has 0 heterocycles. The summed E-state index contributed by atoms with van der Waals surface area (Å²) < 4.78 is 34.2. The second-order valence-corrected chi connectivity index (χ2v) is 12.2. The molecule has 0 aliphatic carbocycles. The van der Waals surface area contributed by atoms with Gasteiger partial charge >= 0.3 is 0 Å². The molecule has 0 radical (unpaired) electrons. The SMILES string of the molecule is CCCCNC(=O)[C@H](C)N(Cc1cccc(OC)c1)C(=O)CN(c1ccc(C)c(Cl)c1)S(=O)(=O)c1ccc(C)cc1. The lowest BCUT2D eigenvalue weighted by Gasteiger charge is -2.32. The Morgan fingerprint density at radius 3 is 2.37 bits per heavy atom. The quantitative estimate of drug-likeness (QED) is 0.262. The molecule has 220 valence electrons. The Morgan fingerprint density at radius 2 is 1.73 bits per heavy atom. The molecular weight excluding hydrogens is 562 g/mol. The van der Waals surface area contributed by atoms with E-state index in [1.54, 1.807) is 56.5 Å². The molecule has 2 amide bonds. The fourth-order valence-corrected chi connectivity index (χ4v) is 5.77. The Balaban J connectivity index is 2.03. The van der Waals surface area contributed by atoms with E-state index < -0.39 is 28.5 Å². The number of anilines is 1. The number of halogens is 1. The highest BCUT2D eigenvalue weighted by Crippen LogP contribution is 2.29. The number of unbranched alkanes of at least 4 members (excludes halogenated alkanes) is 1. The largest absolute Gasteiger partial charge is 0.497 e. The number of sulfonamides is 1. The summed E-state index contributed by atoms with van der Waals surface area (Å²) in [4.78, 5) is 28.5. The van der Waals surface area contributed by atoms with E-state index in [9.17, 15) is 18.0 Å². The summed E-state index contributed by atoms with van der Waals surface area (Å²) >= 11 is 6.38. The molecule has 0 aliphatic rings. The van der Waals surface area contributed by atoms with Crippen molar-refractivity contribution in [3.63, 3.8) is 0 Å². The maximum Gasteiger partial charge on any atom is 0.264 e. The van der Waals surface area contributed by atoms with Crippen molar-refractivity contribution in [2.24, 2.45) is 0 Å². The molecule has 3 aromatic carbocycles. The van der Waals surface area contributed by atoms with Crippen molar-refractivity contribution in [2.75, 3.05) is 24.5 Å². The molecule has 1 atom stereocenters. The van der Waals surface area contributed by atoms with Gasteiger partial charge in [0.1, 0.15) is 18.3 Å². The molecule has 3 rings (SSSR count). The van der Waals surface area contributed by atoms with Gasteiger partial charge < -0.3 is 15.0 Å². The molecule has 0 unspecified atom stereocenters. The molecule has 10 heteroatoms. The number of carbonyl (C=O) groups is 2. The first-order valence-electron chi connectivity index (χ1n) is 13.5. The van der Waals surface area contributed by atoms with Gasteiger partial charge in [-0.3, -0.25) is 13.9 Å². The Hall–Kier alpha value is -3.56. The molecule has 41 heavy (non-hydrogen) atoms. The van der Waals surface area contributed by atoms with E-state index in [1.807, 2.05) is 26.8 Å². The summed E-state index contributed by atoms with van der Waals surface area (Å²) in [6, 6.07) is 17.6. The van der Waals surface area contributed by atoms with Gasteiger partial charge in [-0.05, 0) is 74.7 Å². The summed E-state index contributed by atoms with van der Waals surface area (Å²) in [5.41, 5.74) is 2.65. The van der Waals surface area contributed by atoms with Crippen LogP contribution < -0.4 is 14.4 Å². The van der Waals surface area contributed by atoms with Crippen LogP contribution in [-0.2, 0) is 26.2 Å². The Labute approximate surface area is 248 Å². The van der Waals surface area contributed by atoms with Crippen LogP contribution in [0.2, 0.25) is 5.02 Å². The van der Waals surface area contributed by atoms with Crippen LogP contribution in [0.3, 0.4) is 0 Å². The first-order chi connectivity index (χ1) is 19.5. The normalized spacial score (nSPS) is 12.0. The molecule has 8 nitrogen and oxygen atoms in total. The molecule has 0 bridgehead atoms. The number of hydrogen-bond donors (Lipinski definition) is 1. The third-order valence-electron chi connectivity index (χ3n) is 6.82. The van der Waals surface area contributed by atoms with Crippen molar-refractivity contribution in [3.8, 4) is 5.75 Å². The van der Waals surface area contributed by atoms with Gasteiger partial charge in [-0.2, -0.15) is 0 Å².